The average molecular weight is 586 g/mol. The number of nitrogens with zero attached hydrogens (tertiary/aromatic N) is 1. The van der Waals surface area contributed by atoms with E-state index >= 15 is 0 Å². The summed E-state index contributed by atoms with van der Waals surface area (Å²) in [6.07, 6.45) is 0.0910. The highest BCUT2D eigenvalue weighted by Gasteiger charge is 2.51. The number of nitrogens with one attached hydrogen (secondary N) is 2. The van der Waals surface area contributed by atoms with Crippen molar-refractivity contribution in [1.82, 2.24) is 15.5 Å². The van der Waals surface area contributed by atoms with Gasteiger partial charge in [-0.2, -0.15) is 0 Å². The molecule has 0 spiro atoms. The van der Waals surface area contributed by atoms with Crippen LogP contribution in [0.4, 0.5) is 0 Å². The van der Waals surface area contributed by atoms with Gasteiger partial charge in [-0.1, -0.05) is 54.6 Å². The summed E-state index contributed by atoms with van der Waals surface area (Å²) in [7, 11) is 0. The van der Waals surface area contributed by atoms with E-state index in [9.17, 15) is 24.6 Å². The van der Waals surface area contributed by atoms with Crippen molar-refractivity contribution in [2.45, 2.75) is 76.8 Å². The summed E-state index contributed by atoms with van der Waals surface area (Å²) in [5.41, 5.74) is 3.38. The van der Waals surface area contributed by atoms with E-state index in [-0.39, 0.29) is 36.4 Å². The van der Waals surface area contributed by atoms with Crippen LogP contribution in [-0.4, -0.2) is 63.4 Å². The summed E-state index contributed by atoms with van der Waals surface area (Å²) in [4.78, 5) is 42.4. The quantitative estimate of drug-likeness (QED) is 0.321. The third-order valence-electron chi connectivity index (χ3n) is 8.54. The second-order valence-electron chi connectivity index (χ2n) is 12.1. The topological polar surface area (TPSA) is 128 Å². The zero-order valence-electron chi connectivity index (χ0n) is 25.0. The van der Waals surface area contributed by atoms with Crippen molar-refractivity contribution in [1.29, 1.82) is 0 Å². The van der Waals surface area contributed by atoms with Gasteiger partial charge < -0.3 is 30.5 Å². The van der Waals surface area contributed by atoms with Crippen molar-refractivity contribution in [3.63, 3.8) is 0 Å². The number of fused-ring (bicyclic) bond motifs is 1. The molecule has 226 valence electrons. The normalized spacial score (nSPS) is 20.3. The van der Waals surface area contributed by atoms with E-state index in [1.807, 2.05) is 48.5 Å². The van der Waals surface area contributed by atoms with E-state index < -0.39 is 35.6 Å². The maximum Gasteiger partial charge on any atom is 0.256 e. The third-order valence-corrected chi connectivity index (χ3v) is 8.54. The van der Waals surface area contributed by atoms with Gasteiger partial charge in [0, 0.05) is 11.1 Å². The number of phenols is 1. The summed E-state index contributed by atoms with van der Waals surface area (Å²) < 4.78 is 5.90. The van der Waals surface area contributed by atoms with Crippen LogP contribution in [0.25, 0.3) is 0 Å². The number of ether oxygens (including phenoxy) is 1. The van der Waals surface area contributed by atoms with E-state index in [2.05, 4.69) is 16.7 Å². The highest BCUT2D eigenvalue weighted by molar-refractivity contribution is 5.97. The molecule has 4 N–H and O–H groups in total. The number of hydrogen-bond acceptors (Lipinski definition) is 6. The van der Waals surface area contributed by atoms with E-state index in [1.165, 1.54) is 10.5 Å². The molecule has 1 heterocycles. The molecule has 3 amide bonds. The molecule has 3 aromatic rings. The first-order chi connectivity index (χ1) is 20.5. The Morgan fingerprint density at radius 3 is 2.49 bits per heavy atom. The van der Waals surface area contributed by atoms with Crippen LogP contribution in [0.1, 0.15) is 64.5 Å². The average Bonchev–Trinajstić information content (AvgIpc) is 3.53. The summed E-state index contributed by atoms with van der Waals surface area (Å²) in [6, 6.07) is 18.2. The van der Waals surface area contributed by atoms with Crippen molar-refractivity contribution in [3.8, 4) is 5.75 Å². The van der Waals surface area contributed by atoms with Crippen LogP contribution >= 0.6 is 0 Å². The van der Waals surface area contributed by atoms with E-state index in [4.69, 9.17) is 4.74 Å². The Morgan fingerprint density at radius 2 is 1.74 bits per heavy atom. The SMILES string of the molecule is Cc1cc(O)c(C)c(C(=O)N[C@@H](Cc2ccccc2)[C@H](O)C(=O)N2COC(C)(C)[C@H]2C(=O)NC2CCc3ccccc32)c1. The van der Waals surface area contributed by atoms with Gasteiger partial charge in [0.1, 0.15) is 18.5 Å². The van der Waals surface area contributed by atoms with Crippen LogP contribution in [0.15, 0.2) is 66.7 Å². The first kappa shape index (κ1) is 30.3. The number of carbonyl (C=O) groups excluding carboxylic acids is 3. The summed E-state index contributed by atoms with van der Waals surface area (Å²) in [5, 5.41) is 27.7. The van der Waals surface area contributed by atoms with E-state index in [1.54, 1.807) is 39.8 Å². The molecule has 1 unspecified atom stereocenters. The molecule has 9 heteroatoms. The van der Waals surface area contributed by atoms with Crippen LogP contribution in [0, 0.1) is 13.8 Å². The molecule has 1 saturated heterocycles. The number of aryl methyl sites for hydroxylation is 2. The minimum Gasteiger partial charge on any atom is -0.508 e. The molecule has 43 heavy (non-hydrogen) atoms. The standard InChI is InChI=1S/C34H39N3O6/c1-20-16-25(21(2)28(38)17-20)31(40)36-27(18-22-10-6-5-7-11-22)29(39)33(42)37-19-43-34(3,4)30(37)32(41)35-26-15-14-23-12-8-9-13-24(23)26/h5-13,16-17,26-27,29-30,38-39H,14-15,18-19H2,1-4H3,(H,35,41)(H,36,40)/t26?,27-,29-,30+/m0/s1. The van der Waals surface area contributed by atoms with Gasteiger partial charge in [0.2, 0.25) is 5.91 Å². The number of phenolic OH excluding ortho intramolecular Hbond substituents is 1. The highest BCUT2D eigenvalue weighted by atomic mass is 16.5. The summed E-state index contributed by atoms with van der Waals surface area (Å²) in [6.45, 7) is 6.71. The molecule has 0 radical (unpaired) electrons. The molecular weight excluding hydrogens is 546 g/mol. The van der Waals surface area contributed by atoms with Gasteiger partial charge in [0.15, 0.2) is 6.10 Å². The molecule has 1 aliphatic carbocycles. The van der Waals surface area contributed by atoms with Crippen molar-refractivity contribution >= 4 is 17.7 Å². The Hall–Kier alpha value is -4.21. The first-order valence-electron chi connectivity index (χ1n) is 14.6. The number of aromatic hydroxyl groups is 1. The van der Waals surface area contributed by atoms with E-state index in [0.29, 0.717) is 11.1 Å². The lowest BCUT2D eigenvalue weighted by atomic mass is 9.95. The van der Waals surface area contributed by atoms with Crippen molar-refractivity contribution in [2.75, 3.05) is 6.73 Å². The van der Waals surface area contributed by atoms with Crippen molar-refractivity contribution < 1.29 is 29.3 Å². The highest BCUT2D eigenvalue weighted by Crippen LogP contribution is 2.34. The van der Waals surface area contributed by atoms with Gasteiger partial charge in [-0.15, -0.1) is 0 Å². The molecule has 5 rings (SSSR count). The number of aliphatic hydroxyl groups is 1. The van der Waals surface area contributed by atoms with Gasteiger partial charge >= 0.3 is 0 Å². The van der Waals surface area contributed by atoms with E-state index in [0.717, 1.165) is 24.0 Å². The van der Waals surface area contributed by atoms with Gasteiger partial charge in [0.05, 0.1) is 17.7 Å². The molecule has 1 fully saturated rings. The summed E-state index contributed by atoms with van der Waals surface area (Å²) in [5.74, 6) is -1.63. The Bertz CT molecular complexity index is 1520. The van der Waals surface area contributed by atoms with Crippen molar-refractivity contribution in [3.05, 3.63) is 100 Å². The number of carbonyl (C=O) groups is 3. The fourth-order valence-electron chi connectivity index (χ4n) is 6.14. The lowest BCUT2D eigenvalue weighted by Crippen LogP contribution is -2.59. The second kappa shape index (κ2) is 12.2. The second-order valence-corrected chi connectivity index (χ2v) is 12.1. The molecular formula is C34H39N3O6. The maximum atomic E-state index is 13.9. The summed E-state index contributed by atoms with van der Waals surface area (Å²) >= 11 is 0. The van der Waals surface area contributed by atoms with Gasteiger partial charge in [-0.05, 0) is 81.3 Å². The number of hydrogen-bond donors (Lipinski definition) is 4. The molecule has 0 saturated carbocycles. The predicted octanol–water partition coefficient (Wildman–Crippen LogP) is 3.48. The van der Waals surface area contributed by atoms with Crippen LogP contribution < -0.4 is 10.6 Å². The first-order valence-corrected chi connectivity index (χ1v) is 14.6. The minimum atomic E-state index is -1.68. The van der Waals surface area contributed by atoms with Crippen LogP contribution in [0.3, 0.4) is 0 Å². The molecule has 3 aromatic carbocycles. The lowest BCUT2D eigenvalue weighted by molar-refractivity contribution is -0.147. The van der Waals surface area contributed by atoms with Crippen LogP contribution in [0.2, 0.25) is 0 Å². The van der Waals surface area contributed by atoms with Gasteiger partial charge in [-0.3, -0.25) is 14.4 Å². The fourth-order valence-corrected chi connectivity index (χ4v) is 6.14. The Morgan fingerprint density at radius 1 is 1.05 bits per heavy atom. The fraction of sp³-hybridized carbons (Fsp3) is 0.382. The molecule has 0 aromatic heterocycles. The molecule has 9 nitrogen and oxygen atoms in total. The predicted molar refractivity (Wildman–Crippen MR) is 161 cm³/mol. The Labute approximate surface area is 251 Å². The molecule has 2 aliphatic rings. The maximum absolute atomic E-state index is 13.9. The van der Waals surface area contributed by atoms with Crippen LogP contribution in [0.5, 0.6) is 5.75 Å². The molecule has 0 bridgehead atoms. The molecule has 4 atom stereocenters. The molecule has 1 aliphatic heterocycles. The lowest BCUT2D eigenvalue weighted by Gasteiger charge is -2.33. The van der Waals surface area contributed by atoms with Gasteiger partial charge in [0.25, 0.3) is 11.8 Å². The number of benzene rings is 3. The number of amides is 3. The Kier molecular flexibility index (Phi) is 8.57. The zero-order valence-corrected chi connectivity index (χ0v) is 25.0. The van der Waals surface area contributed by atoms with Crippen molar-refractivity contribution in [2.24, 2.45) is 0 Å². The van der Waals surface area contributed by atoms with Crippen LogP contribution in [-0.2, 0) is 27.2 Å². The number of rotatable bonds is 8. The minimum absolute atomic E-state index is 0.0171. The number of aliphatic hydroxyl groups excluding tert-OH is 1. The zero-order chi connectivity index (χ0) is 30.9. The monoisotopic (exact) mass is 585 g/mol. The third kappa shape index (κ3) is 6.28. The largest absolute Gasteiger partial charge is 0.508 e. The smallest absolute Gasteiger partial charge is 0.256 e. The van der Waals surface area contributed by atoms with Gasteiger partial charge in [-0.25, -0.2) is 0 Å². The Balaban J connectivity index is 1.38.